The molecule has 0 fully saturated rings. The maximum Gasteiger partial charge on any atom is 0.268 e. The molecule has 0 spiro atoms. The molecule has 3 N–H and O–H groups in total. The maximum atomic E-state index is 12.2. The zero-order valence-electron chi connectivity index (χ0n) is 14.0. The summed E-state index contributed by atoms with van der Waals surface area (Å²) in [5, 5.41) is 19.0. The lowest BCUT2D eigenvalue weighted by Gasteiger charge is -2.23. The van der Waals surface area contributed by atoms with Crippen molar-refractivity contribution in [1.29, 1.82) is 10.5 Å². The van der Waals surface area contributed by atoms with Crippen LogP contribution in [0.25, 0.3) is 11.1 Å². The number of anilines is 1. The molecule has 0 unspecified atom stereocenters. The molecule has 6 nitrogen and oxygen atoms in total. The van der Waals surface area contributed by atoms with Crippen molar-refractivity contribution in [3.05, 3.63) is 44.7 Å². The van der Waals surface area contributed by atoms with Gasteiger partial charge in [-0.2, -0.15) is 10.5 Å². The van der Waals surface area contributed by atoms with Crippen LogP contribution < -0.4 is 16.0 Å². The second-order valence-electron chi connectivity index (χ2n) is 5.92. The molecule has 1 aliphatic rings. The number of ether oxygens (including phenoxy) is 1. The number of aromatic amines is 1. The van der Waals surface area contributed by atoms with E-state index in [2.05, 4.69) is 4.98 Å². The lowest BCUT2D eigenvalue weighted by atomic mass is 9.83. The minimum Gasteiger partial charge on any atom is -0.494 e. The first-order valence-electron chi connectivity index (χ1n) is 8.26. The Labute approximate surface area is 145 Å². The van der Waals surface area contributed by atoms with Gasteiger partial charge >= 0.3 is 0 Å². The molecule has 0 aliphatic heterocycles. The standard InChI is InChI=1S/C19H18N4O2/c1-2-25-16-8-7-13(11-5-3-4-6-12(11)16)17-14(9-20)18(22)23-19(24)15(17)10-21/h7-8H,2-6H2,1H3,(H3,22,23,24). The van der Waals surface area contributed by atoms with E-state index >= 15 is 0 Å². The van der Waals surface area contributed by atoms with Crippen molar-refractivity contribution in [3.63, 3.8) is 0 Å². The predicted octanol–water partition coefficient (Wildman–Crippen LogP) is 2.64. The van der Waals surface area contributed by atoms with Crippen LogP contribution in [0.2, 0.25) is 0 Å². The van der Waals surface area contributed by atoms with Gasteiger partial charge in [0.15, 0.2) is 0 Å². The highest BCUT2D eigenvalue weighted by molar-refractivity contribution is 5.83. The van der Waals surface area contributed by atoms with Crippen molar-refractivity contribution < 1.29 is 4.74 Å². The molecule has 25 heavy (non-hydrogen) atoms. The number of hydrogen-bond donors (Lipinski definition) is 2. The van der Waals surface area contributed by atoms with Crippen LogP contribution >= 0.6 is 0 Å². The Morgan fingerprint density at radius 2 is 1.84 bits per heavy atom. The third-order valence-electron chi connectivity index (χ3n) is 4.53. The first-order valence-corrected chi connectivity index (χ1v) is 8.26. The van der Waals surface area contributed by atoms with Crippen LogP contribution in [0.1, 0.15) is 42.0 Å². The SMILES string of the molecule is CCOc1ccc(-c2c(C#N)c(N)[nH]c(=O)c2C#N)c2c1CCCC2. The Hall–Kier alpha value is -3.25. The molecule has 0 atom stereocenters. The first-order chi connectivity index (χ1) is 12.1. The summed E-state index contributed by atoms with van der Waals surface area (Å²) in [6, 6.07) is 7.64. The summed E-state index contributed by atoms with van der Waals surface area (Å²) < 4.78 is 5.73. The molecule has 1 aliphatic carbocycles. The van der Waals surface area contributed by atoms with E-state index in [-0.39, 0.29) is 16.9 Å². The molecule has 2 aromatic rings. The van der Waals surface area contributed by atoms with Crippen molar-refractivity contribution in [2.45, 2.75) is 32.6 Å². The average molecular weight is 334 g/mol. The third-order valence-corrected chi connectivity index (χ3v) is 4.53. The summed E-state index contributed by atoms with van der Waals surface area (Å²) in [5.41, 5.74) is 8.49. The smallest absolute Gasteiger partial charge is 0.268 e. The summed E-state index contributed by atoms with van der Waals surface area (Å²) in [7, 11) is 0. The van der Waals surface area contributed by atoms with Crippen LogP contribution in [0.4, 0.5) is 5.82 Å². The van der Waals surface area contributed by atoms with Gasteiger partial charge in [0, 0.05) is 5.56 Å². The zero-order valence-corrected chi connectivity index (χ0v) is 14.0. The van der Waals surface area contributed by atoms with Crippen LogP contribution in [0.3, 0.4) is 0 Å². The minimum absolute atomic E-state index is 0.0139. The fourth-order valence-electron chi connectivity index (χ4n) is 3.47. The number of fused-ring (bicyclic) bond motifs is 1. The van der Waals surface area contributed by atoms with Gasteiger partial charge < -0.3 is 15.5 Å². The number of nitrogens with zero attached hydrogens (tertiary/aromatic N) is 2. The van der Waals surface area contributed by atoms with Gasteiger partial charge in [-0.1, -0.05) is 6.07 Å². The van der Waals surface area contributed by atoms with E-state index in [1.54, 1.807) is 0 Å². The summed E-state index contributed by atoms with van der Waals surface area (Å²) in [6.07, 6.45) is 3.76. The molecule has 3 rings (SSSR count). The Morgan fingerprint density at radius 1 is 1.16 bits per heavy atom. The minimum atomic E-state index is -0.576. The van der Waals surface area contributed by atoms with Crippen molar-refractivity contribution in [2.24, 2.45) is 0 Å². The number of hydrogen-bond acceptors (Lipinski definition) is 5. The summed E-state index contributed by atoms with van der Waals surface area (Å²) in [4.78, 5) is 14.6. The van der Waals surface area contributed by atoms with Crippen molar-refractivity contribution in [1.82, 2.24) is 4.98 Å². The van der Waals surface area contributed by atoms with Gasteiger partial charge in [0.2, 0.25) is 0 Å². The fourth-order valence-corrected chi connectivity index (χ4v) is 3.47. The van der Waals surface area contributed by atoms with E-state index in [4.69, 9.17) is 10.5 Å². The van der Waals surface area contributed by atoms with Crippen LogP contribution in [0, 0.1) is 22.7 Å². The molecule has 126 valence electrons. The van der Waals surface area contributed by atoms with Gasteiger partial charge in [-0.05, 0) is 55.4 Å². The number of H-pyrrole nitrogens is 1. The monoisotopic (exact) mass is 334 g/mol. The van der Waals surface area contributed by atoms with E-state index < -0.39 is 5.56 Å². The lowest BCUT2D eigenvalue weighted by Crippen LogP contribution is -2.17. The Bertz CT molecular complexity index is 977. The highest BCUT2D eigenvalue weighted by Gasteiger charge is 2.24. The van der Waals surface area contributed by atoms with Crippen LogP contribution in [0.5, 0.6) is 5.75 Å². The Kier molecular flexibility index (Phi) is 4.45. The van der Waals surface area contributed by atoms with Gasteiger partial charge in [0.05, 0.1) is 6.61 Å². The topological polar surface area (TPSA) is 116 Å². The van der Waals surface area contributed by atoms with Gasteiger partial charge in [-0.3, -0.25) is 4.79 Å². The van der Waals surface area contributed by atoms with Gasteiger partial charge in [-0.25, -0.2) is 0 Å². The van der Waals surface area contributed by atoms with Crippen molar-refractivity contribution in [2.75, 3.05) is 12.3 Å². The highest BCUT2D eigenvalue weighted by Crippen LogP contribution is 2.39. The predicted molar refractivity (Wildman–Crippen MR) is 94.2 cm³/mol. The number of nitriles is 2. The third kappa shape index (κ3) is 2.72. The Morgan fingerprint density at radius 3 is 2.48 bits per heavy atom. The molecule has 0 bridgehead atoms. The van der Waals surface area contributed by atoms with Crippen molar-refractivity contribution in [3.8, 4) is 29.0 Å². The maximum absolute atomic E-state index is 12.2. The molecule has 0 saturated heterocycles. The van der Waals surface area contributed by atoms with E-state index in [9.17, 15) is 15.3 Å². The number of nitrogens with one attached hydrogen (secondary N) is 1. The Balaban J connectivity index is 2.38. The summed E-state index contributed by atoms with van der Waals surface area (Å²) in [5.74, 6) is 0.815. The molecule has 1 heterocycles. The second kappa shape index (κ2) is 6.70. The molecule has 6 heteroatoms. The van der Waals surface area contributed by atoms with Crippen LogP contribution in [0.15, 0.2) is 16.9 Å². The molecule has 0 radical (unpaired) electrons. The highest BCUT2D eigenvalue weighted by atomic mass is 16.5. The molecule has 1 aromatic carbocycles. The second-order valence-corrected chi connectivity index (χ2v) is 5.92. The van der Waals surface area contributed by atoms with Crippen LogP contribution in [-0.4, -0.2) is 11.6 Å². The summed E-state index contributed by atoms with van der Waals surface area (Å²) >= 11 is 0. The quantitative estimate of drug-likeness (QED) is 0.895. The largest absolute Gasteiger partial charge is 0.494 e. The van der Waals surface area contributed by atoms with E-state index in [1.807, 2.05) is 31.2 Å². The van der Waals surface area contributed by atoms with Gasteiger partial charge in [0.25, 0.3) is 5.56 Å². The van der Waals surface area contributed by atoms with E-state index in [1.165, 1.54) is 0 Å². The van der Waals surface area contributed by atoms with Crippen molar-refractivity contribution >= 4 is 5.82 Å². The number of nitrogens with two attached hydrogens (primary N) is 1. The lowest BCUT2D eigenvalue weighted by molar-refractivity contribution is 0.334. The first kappa shape index (κ1) is 16.6. The summed E-state index contributed by atoms with van der Waals surface area (Å²) in [6.45, 7) is 2.50. The van der Waals surface area contributed by atoms with Crippen LogP contribution in [-0.2, 0) is 12.8 Å². The zero-order chi connectivity index (χ0) is 18.0. The van der Waals surface area contributed by atoms with Gasteiger partial charge in [-0.15, -0.1) is 0 Å². The number of rotatable bonds is 3. The number of aromatic nitrogens is 1. The number of nitrogen functional groups attached to an aromatic ring is 1. The molecular formula is C19H18N4O2. The van der Waals surface area contributed by atoms with Gasteiger partial charge in [0.1, 0.15) is 34.8 Å². The molecule has 0 saturated carbocycles. The number of pyridine rings is 1. The molecular weight excluding hydrogens is 316 g/mol. The fraction of sp³-hybridized carbons (Fsp3) is 0.316. The molecule has 0 amide bonds. The number of benzene rings is 1. The average Bonchev–Trinajstić information content (AvgIpc) is 2.62. The van der Waals surface area contributed by atoms with E-state index in [0.29, 0.717) is 12.2 Å². The van der Waals surface area contributed by atoms with E-state index in [0.717, 1.165) is 48.1 Å². The molecule has 1 aromatic heterocycles. The normalized spacial score (nSPS) is 12.8.